The minimum absolute atomic E-state index is 0.146. The summed E-state index contributed by atoms with van der Waals surface area (Å²) >= 11 is 0. The summed E-state index contributed by atoms with van der Waals surface area (Å²) in [4.78, 5) is 25.7. The monoisotopic (exact) mass is 438 g/mol. The van der Waals surface area contributed by atoms with E-state index in [4.69, 9.17) is 9.47 Å². The Kier molecular flexibility index (Phi) is 6.01. The van der Waals surface area contributed by atoms with E-state index in [-0.39, 0.29) is 13.0 Å². The van der Waals surface area contributed by atoms with Crippen molar-refractivity contribution in [1.29, 1.82) is 0 Å². The molecule has 1 unspecified atom stereocenters. The van der Waals surface area contributed by atoms with Gasteiger partial charge in [0.05, 0.1) is 23.7 Å². The maximum atomic E-state index is 13.9. The lowest BCUT2D eigenvalue weighted by Gasteiger charge is -2.61. The van der Waals surface area contributed by atoms with Crippen LogP contribution < -0.4 is 0 Å². The van der Waals surface area contributed by atoms with Gasteiger partial charge in [-0.1, -0.05) is 33.3 Å². The fraction of sp³-hybridized carbons (Fsp3) is 0.833. The molecule has 7 atom stereocenters. The lowest BCUT2D eigenvalue weighted by atomic mass is 9.53. The van der Waals surface area contributed by atoms with E-state index in [1.807, 2.05) is 27.7 Å². The van der Waals surface area contributed by atoms with Gasteiger partial charge in [-0.15, -0.1) is 0 Å². The van der Waals surface area contributed by atoms with Crippen molar-refractivity contribution in [3.63, 3.8) is 0 Å². The molecule has 7 nitrogen and oxygen atoms in total. The van der Waals surface area contributed by atoms with Crippen molar-refractivity contribution in [2.75, 3.05) is 6.61 Å². The molecule has 0 aromatic heterocycles. The summed E-state index contributed by atoms with van der Waals surface area (Å²) in [6, 6.07) is 0. The van der Waals surface area contributed by atoms with E-state index in [0.717, 1.165) is 5.57 Å². The lowest BCUT2D eigenvalue weighted by molar-refractivity contribution is -0.315. The topological polar surface area (TPSA) is 113 Å². The van der Waals surface area contributed by atoms with Crippen molar-refractivity contribution < 1.29 is 34.4 Å². The molecule has 0 radical (unpaired) electrons. The van der Waals surface area contributed by atoms with E-state index in [1.165, 1.54) is 6.92 Å². The third kappa shape index (κ3) is 3.23. The standard InChI is InChI=1S/C24H38O7/c1-8-23(29)10-9-13(2)18(21(23,5)6)19(27)20(28)22(7)14(3)24(31-15(4)25)12-30-17(24)11-16(22)26/h14,16-17,19,26-27,29H,8-12H2,1-7H3/t14?,16-,17+,19+,22-,23-,24+/m0/s1. The van der Waals surface area contributed by atoms with E-state index >= 15 is 0 Å². The number of aliphatic hydroxyl groups excluding tert-OH is 2. The summed E-state index contributed by atoms with van der Waals surface area (Å²) in [5.74, 6) is -1.54. The summed E-state index contributed by atoms with van der Waals surface area (Å²) in [5.41, 5.74) is -2.77. The first-order valence-corrected chi connectivity index (χ1v) is 11.3. The fourth-order valence-electron chi connectivity index (χ4n) is 6.35. The quantitative estimate of drug-likeness (QED) is 0.446. The van der Waals surface area contributed by atoms with Crippen LogP contribution in [-0.2, 0) is 19.1 Å². The number of allylic oxidation sites excluding steroid dienone is 1. The molecule has 0 spiro atoms. The van der Waals surface area contributed by atoms with Gasteiger partial charge in [0.25, 0.3) is 0 Å². The number of ketones is 1. The third-order valence-corrected chi connectivity index (χ3v) is 9.00. The van der Waals surface area contributed by atoms with Crippen LogP contribution in [-0.4, -0.2) is 63.2 Å². The average molecular weight is 439 g/mol. The molecule has 176 valence electrons. The van der Waals surface area contributed by atoms with Crippen LogP contribution in [0.4, 0.5) is 0 Å². The van der Waals surface area contributed by atoms with Crippen LogP contribution in [0.5, 0.6) is 0 Å². The Balaban J connectivity index is 2.01. The van der Waals surface area contributed by atoms with Crippen LogP contribution >= 0.6 is 0 Å². The van der Waals surface area contributed by atoms with Crippen molar-refractivity contribution in [3.8, 4) is 0 Å². The van der Waals surface area contributed by atoms with E-state index in [1.54, 1.807) is 13.8 Å². The molecule has 3 aliphatic rings. The zero-order chi connectivity index (χ0) is 23.6. The molecule has 1 saturated heterocycles. The number of ether oxygens (including phenoxy) is 2. The number of carbonyl (C=O) groups is 2. The molecule has 1 heterocycles. The number of hydrogen-bond acceptors (Lipinski definition) is 7. The molecular weight excluding hydrogens is 400 g/mol. The second kappa shape index (κ2) is 7.65. The highest BCUT2D eigenvalue weighted by Gasteiger charge is 2.68. The minimum Gasteiger partial charge on any atom is -0.454 e. The molecule has 0 amide bonds. The van der Waals surface area contributed by atoms with Crippen molar-refractivity contribution in [2.45, 2.75) is 104 Å². The van der Waals surface area contributed by atoms with Gasteiger partial charge < -0.3 is 24.8 Å². The van der Waals surface area contributed by atoms with Gasteiger partial charge >= 0.3 is 5.97 Å². The number of carbonyl (C=O) groups excluding carboxylic acids is 2. The molecule has 7 heteroatoms. The fourth-order valence-corrected chi connectivity index (χ4v) is 6.35. The zero-order valence-corrected chi connectivity index (χ0v) is 19.8. The average Bonchev–Trinajstić information content (AvgIpc) is 2.69. The number of esters is 1. The summed E-state index contributed by atoms with van der Waals surface area (Å²) in [5, 5.41) is 33.7. The molecule has 3 N–H and O–H groups in total. The van der Waals surface area contributed by atoms with Gasteiger partial charge in [0.15, 0.2) is 11.4 Å². The molecule has 1 aliphatic heterocycles. The van der Waals surface area contributed by atoms with Crippen LogP contribution in [0.3, 0.4) is 0 Å². The maximum Gasteiger partial charge on any atom is 0.303 e. The van der Waals surface area contributed by atoms with Crippen molar-refractivity contribution in [1.82, 2.24) is 0 Å². The second-order valence-corrected chi connectivity index (χ2v) is 10.6. The first-order valence-electron chi connectivity index (χ1n) is 11.3. The van der Waals surface area contributed by atoms with E-state index in [0.29, 0.717) is 24.8 Å². The first kappa shape index (κ1) is 24.4. The highest BCUT2D eigenvalue weighted by Crippen LogP contribution is 2.56. The highest BCUT2D eigenvalue weighted by molar-refractivity contribution is 5.92. The largest absolute Gasteiger partial charge is 0.454 e. The summed E-state index contributed by atoms with van der Waals surface area (Å²) < 4.78 is 11.2. The van der Waals surface area contributed by atoms with E-state index in [9.17, 15) is 24.9 Å². The molecule has 2 aliphatic carbocycles. The molecule has 0 aromatic rings. The molecule has 0 bridgehead atoms. The van der Waals surface area contributed by atoms with Crippen LogP contribution in [0.25, 0.3) is 0 Å². The van der Waals surface area contributed by atoms with Gasteiger partial charge in [-0.25, -0.2) is 0 Å². The van der Waals surface area contributed by atoms with Gasteiger partial charge in [0.1, 0.15) is 12.2 Å². The summed E-state index contributed by atoms with van der Waals surface area (Å²) in [7, 11) is 0. The Hall–Kier alpha value is -1.28. The number of hydrogen-bond donors (Lipinski definition) is 3. The number of rotatable bonds is 5. The zero-order valence-electron chi connectivity index (χ0n) is 19.8. The van der Waals surface area contributed by atoms with Gasteiger partial charge in [0.2, 0.25) is 0 Å². The number of aliphatic hydroxyl groups is 3. The van der Waals surface area contributed by atoms with E-state index < -0.39 is 58.0 Å². The lowest BCUT2D eigenvalue weighted by Crippen LogP contribution is -2.74. The van der Waals surface area contributed by atoms with Crippen LogP contribution in [0, 0.1) is 16.7 Å². The van der Waals surface area contributed by atoms with Gasteiger partial charge in [0, 0.05) is 24.7 Å². The van der Waals surface area contributed by atoms with Crippen LogP contribution in [0.2, 0.25) is 0 Å². The van der Waals surface area contributed by atoms with Gasteiger partial charge in [-0.2, -0.15) is 0 Å². The molecule has 3 rings (SSSR count). The van der Waals surface area contributed by atoms with Crippen LogP contribution in [0.15, 0.2) is 11.1 Å². The predicted octanol–water partition coefficient (Wildman–Crippen LogP) is 2.30. The number of Topliss-reactive ketones (excluding diaryl/α,β-unsaturated/α-hetero) is 1. The Morgan fingerprint density at radius 2 is 1.90 bits per heavy atom. The first-order chi connectivity index (χ1) is 14.2. The highest BCUT2D eigenvalue weighted by atomic mass is 16.6. The molecule has 1 saturated carbocycles. The maximum absolute atomic E-state index is 13.9. The minimum atomic E-state index is -1.47. The molecule has 31 heavy (non-hydrogen) atoms. The van der Waals surface area contributed by atoms with Crippen molar-refractivity contribution in [2.24, 2.45) is 16.7 Å². The summed E-state index contributed by atoms with van der Waals surface area (Å²) in [6.45, 7) is 12.4. The smallest absolute Gasteiger partial charge is 0.303 e. The summed E-state index contributed by atoms with van der Waals surface area (Å²) in [6.07, 6.45) is -1.20. The number of fused-ring (bicyclic) bond motifs is 1. The van der Waals surface area contributed by atoms with Crippen LogP contribution in [0.1, 0.15) is 74.1 Å². The molecule has 2 fully saturated rings. The Labute approximate surface area is 184 Å². The predicted molar refractivity (Wildman–Crippen MR) is 114 cm³/mol. The SMILES string of the molecule is CC[C@]1(O)CCC(C)=C([C@@H](O)C(=O)[C@@]2(C)C(C)[C@]3(OC(C)=O)CO[C@@H]3C[C@@H]2O)C1(C)C. The Morgan fingerprint density at radius 1 is 1.29 bits per heavy atom. The van der Waals surface area contributed by atoms with E-state index in [2.05, 4.69) is 0 Å². The van der Waals surface area contributed by atoms with Gasteiger partial charge in [-0.05, 0) is 38.7 Å². The Morgan fingerprint density at radius 3 is 2.39 bits per heavy atom. The van der Waals surface area contributed by atoms with Crippen molar-refractivity contribution >= 4 is 11.8 Å². The second-order valence-electron chi connectivity index (χ2n) is 10.6. The third-order valence-electron chi connectivity index (χ3n) is 9.00. The Bertz CT molecular complexity index is 802. The molecular formula is C24H38O7. The normalized spacial score (nSPS) is 43.0. The van der Waals surface area contributed by atoms with Gasteiger partial charge in [-0.3, -0.25) is 9.59 Å². The van der Waals surface area contributed by atoms with Crippen molar-refractivity contribution in [3.05, 3.63) is 11.1 Å². The molecule has 0 aromatic carbocycles.